The van der Waals surface area contributed by atoms with Crippen LogP contribution in [-0.2, 0) is 6.42 Å². The van der Waals surface area contributed by atoms with Crippen molar-refractivity contribution in [1.82, 2.24) is 0 Å². The van der Waals surface area contributed by atoms with Crippen molar-refractivity contribution in [2.24, 2.45) is 0 Å². The predicted molar refractivity (Wildman–Crippen MR) is 71.2 cm³/mol. The normalized spacial score (nSPS) is 10.5. The standard InChI is InChI=1S/C13H10BrFOS/c1-2-9-4-6-12(17-9)13(16)10-7-8(14)3-5-11(10)15/h3-7H,2H2,1H3. The van der Waals surface area contributed by atoms with Crippen LogP contribution in [-0.4, -0.2) is 5.78 Å². The Bertz CT molecular complexity index is 562. The van der Waals surface area contributed by atoms with Gasteiger partial charge in [-0.15, -0.1) is 11.3 Å². The van der Waals surface area contributed by atoms with Crippen LogP contribution in [0.5, 0.6) is 0 Å². The van der Waals surface area contributed by atoms with Crippen molar-refractivity contribution in [3.8, 4) is 0 Å². The summed E-state index contributed by atoms with van der Waals surface area (Å²) < 4.78 is 14.3. The second-order valence-corrected chi connectivity index (χ2v) is 5.66. The summed E-state index contributed by atoms with van der Waals surface area (Å²) in [6.07, 6.45) is 0.888. The lowest BCUT2D eigenvalue weighted by Gasteiger charge is -2.01. The summed E-state index contributed by atoms with van der Waals surface area (Å²) in [5.74, 6) is -0.738. The molecule has 88 valence electrons. The Morgan fingerprint density at radius 3 is 2.76 bits per heavy atom. The highest BCUT2D eigenvalue weighted by Crippen LogP contribution is 2.23. The van der Waals surface area contributed by atoms with Crippen LogP contribution in [0, 0.1) is 5.82 Å². The van der Waals surface area contributed by atoms with Crippen LogP contribution >= 0.6 is 27.3 Å². The zero-order valence-electron chi connectivity index (χ0n) is 9.17. The third-order valence-corrected chi connectivity index (χ3v) is 4.13. The molecular weight excluding hydrogens is 303 g/mol. The maximum Gasteiger partial charge on any atom is 0.205 e. The predicted octanol–water partition coefficient (Wildman–Crippen LogP) is 4.44. The van der Waals surface area contributed by atoms with Crippen LogP contribution in [0.4, 0.5) is 4.39 Å². The van der Waals surface area contributed by atoms with Gasteiger partial charge < -0.3 is 0 Å². The van der Waals surface area contributed by atoms with Gasteiger partial charge in [0, 0.05) is 9.35 Å². The summed E-state index contributed by atoms with van der Waals surface area (Å²) in [7, 11) is 0. The molecule has 2 rings (SSSR count). The fourth-order valence-corrected chi connectivity index (χ4v) is 2.76. The van der Waals surface area contributed by atoms with Crippen LogP contribution in [0.25, 0.3) is 0 Å². The second-order valence-electron chi connectivity index (χ2n) is 3.57. The molecule has 0 aliphatic carbocycles. The van der Waals surface area contributed by atoms with Gasteiger partial charge in [-0.2, -0.15) is 0 Å². The molecule has 0 unspecified atom stereocenters. The number of hydrogen-bond donors (Lipinski definition) is 0. The number of rotatable bonds is 3. The van der Waals surface area contributed by atoms with E-state index in [1.165, 1.54) is 23.5 Å². The molecular formula is C13H10BrFOS. The van der Waals surface area contributed by atoms with Crippen molar-refractivity contribution in [3.05, 3.63) is 55.9 Å². The fraction of sp³-hybridized carbons (Fsp3) is 0.154. The van der Waals surface area contributed by atoms with E-state index in [9.17, 15) is 9.18 Å². The van der Waals surface area contributed by atoms with E-state index in [0.29, 0.717) is 9.35 Å². The van der Waals surface area contributed by atoms with Gasteiger partial charge in [0.05, 0.1) is 10.4 Å². The molecule has 2 aromatic rings. The van der Waals surface area contributed by atoms with Gasteiger partial charge in [0.15, 0.2) is 0 Å². The number of hydrogen-bond acceptors (Lipinski definition) is 2. The molecule has 0 saturated carbocycles. The highest BCUT2D eigenvalue weighted by molar-refractivity contribution is 9.10. The topological polar surface area (TPSA) is 17.1 Å². The van der Waals surface area contributed by atoms with Gasteiger partial charge in [-0.1, -0.05) is 22.9 Å². The maximum absolute atomic E-state index is 13.6. The Kier molecular flexibility index (Phi) is 3.74. The number of carbonyl (C=O) groups excluding carboxylic acids is 1. The molecule has 0 bridgehead atoms. The molecule has 1 nitrogen and oxygen atoms in total. The summed E-state index contributed by atoms with van der Waals surface area (Å²) in [5.41, 5.74) is 0.115. The summed E-state index contributed by atoms with van der Waals surface area (Å²) in [6.45, 7) is 2.03. The lowest BCUT2D eigenvalue weighted by molar-refractivity contribution is 0.103. The first-order chi connectivity index (χ1) is 8.11. The molecule has 0 aliphatic rings. The first-order valence-corrected chi connectivity index (χ1v) is 6.81. The summed E-state index contributed by atoms with van der Waals surface area (Å²) in [6, 6.07) is 8.06. The van der Waals surface area contributed by atoms with Gasteiger partial charge >= 0.3 is 0 Å². The number of ketones is 1. The highest BCUT2D eigenvalue weighted by Gasteiger charge is 2.16. The van der Waals surface area contributed by atoms with Crippen LogP contribution < -0.4 is 0 Å². The molecule has 0 fully saturated rings. The summed E-state index contributed by atoms with van der Waals surface area (Å²) in [5, 5.41) is 0. The molecule has 17 heavy (non-hydrogen) atoms. The van der Waals surface area contributed by atoms with Gasteiger partial charge in [-0.05, 0) is 36.8 Å². The van der Waals surface area contributed by atoms with Crippen LogP contribution in [0.3, 0.4) is 0 Å². The Morgan fingerprint density at radius 2 is 2.12 bits per heavy atom. The van der Waals surface area contributed by atoms with E-state index in [0.717, 1.165) is 11.3 Å². The number of benzene rings is 1. The molecule has 0 amide bonds. The van der Waals surface area contributed by atoms with Crippen LogP contribution in [0.1, 0.15) is 27.0 Å². The number of thiophene rings is 1. The van der Waals surface area contributed by atoms with Gasteiger partial charge in [0.1, 0.15) is 5.82 Å². The SMILES string of the molecule is CCc1ccc(C(=O)c2cc(Br)ccc2F)s1. The number of aryl methyl sites for hydroxylation is 1. The van der Waals surface area contributed by atoms with E-state index in [-0.39, 0.29) is 11.3 Å². The Morgan fingerprint density at radius 1 is 1.35 bits per heavy atom. The van der Waals surface area contributed by atoms with E-state index in [1.54, 1.807) is 12.1 Å². The van der Waals surface area contributed by atoms with Gasteiger partial charge in [0.25, 0.3) is 0 Å². The molecule has 0 spiro atoms. The van der Waals surface area contributed by atoms with Crippen molar-refractivity contribution in [3.63, 3.8) is 0 Å². The zero-order valence-corrected chi connectivity index (χ0v) is 11.6. The Balaban J connectivity index is 2.39. The molecule has 0 radical (unpaired) electrons. The van der Waals surface area contributed by atoms with Crippen molar-refractivity contribution >= 4 is 33.0 Å². The zero-order chi connectivity index (χ0) is 12.4. The molecule has 0 N–H and O–H groups in total. The van der Waals surface area contributed by atoms with Crippen molar-refractivity contribution in [2.75, 3.05) is 0 Å². The lowest BCUT2D eigenvalue weighted by Crippen LogP contribution is -2.01. The van der Waals surface area contributed by atoms with Gasteiger partial charge in [-0.25, -0.2) is 4.39 Å². The van der Waals surface area contributed by atoms with Crippen molar-refractivity contribution in [1.29, 1.82) is 0 Å². The monoisotopic (exact) mass is 312 g/mol. The summed E-state index contributed by atoms with van der Waals surface area (Å²) in [4.78, 5) is 13.8. The second kappa shape index (κ2) is 5.10. The third-order valence-electron chi connectivity index (χ3n) is 2.41. The number of carbonyl (C=O) groups is 1. The Labute approximate surface area is 111 Å². The quantitative estimate of drug-likeness (QED) is 0.766. The minimum atomic E-state index is -0.482. The fourth-order valence-electron chi connectivity index (χ4n) is 1.49. The minimum absolute atomic E-state index is 0.115. The Hall–Kier alpha value is -1.00. The van der Waals surface area contributed by atoms with Gasteiger partial charge in [-0.3, -0.25) is 4.79 Å². The van der Waals surface area contributed by atoms with Gasteiger partial charge in [0.2, 0.25) is 5.78 Å². The van der Waals surface area contributed by atoms with Crippen LogP contribution in [0.2, 0.25) is 0 Å². The molecule has 1 heterocycles. The van der Waals surface area contributed by atoms with E-state index >= 15 is 0 Å². The molecule has 1 aromatic heterocycles. The van der Waals surface area contributed by atoms with Crippen LogP contribution in [0.15, 0.2) is 34.8 Å². The average molecular weight is 313 g/mol. The smallest absolute Gasteiger partial charge is 0.205 e. The molecule has 0 aliphatic heterocycles. The minimum Gasteiger partial charge on any atom is -0.288 e. The summed E-state index contributed by atoms with van der Waals surface area (Å²) >= 11 is 4.66. The lowest BCUT2D eigenvalue weighted by atomic mass is 10.1. The molecule has 0 atom stereocenters. The first-order valence-electron chi connectivity index (χ1n) is 5.20. The van der Waals surface area contributed by atoms with E-state index in [1.807, 2.05) is 13.0 Å². The third kappa shape index (κ3) is 2.64. The van der Waals surface area contributed by atoms with Crippen molar-refractivity contribution in [2.45, 2.75) is 13.3 Å². The molecule has 0 saturated heterocycles. The highest BCUT2D eigenvalue weighted by atomic mass is 79.9. The molecule has 4 heteroatoms. The number of halogens is 2. The molecule has 1 aromatic carbocycles. The van der Waals surface area contributed by atoms with E-state index in [2.05, 4.69) is 15.9 Å². The maximum atomic E-state index is 13.6. The van der Waals surface area contributed by atoms with E-state index < -0.39 is 5.82 Å². The van der Waals surface area contributed by atoms with Crippen molar-refractivity contribution < 1.29 is 9.18 Å². The largest absolute Gasteiger partial charge is 0.288 e. The van der Waals surface area contributed by atoms with E-state index in [4.69, 9.17) is 0 Å². The average Bonchev–Trinajstić information content (AvgIpc) is 2.80. The first kappa shape index (κ1) is 12.5.